The van der Waals surface area contributed by atoms with Gasteiger partial charge in [-0.1, -0.05) is 6.07 Å². The van der Waals surface area contributed by atoms with Crippen LogP contribution in [0.1, 0.15) is 33.4 Å². The van der Waals surface area contributed by atoms with Crippen molar-refractivity contribution >= 4 is 36.9 Å². The van der Waals surface area contributed by atoms with Crippen molar-refractivity contribution < 1.29 is 14.8 Å². The van der Waals surface area contributed by atoms with Crippen molar-refractivity contribution in [2.75, 3.05) is 0 Å². The van der Waals surface area contributed by atoms with Gasteiger partial charge in [0.05, 0.1) is 9.85 Å². The van der Waals surface area contributed by atoms with Gasteiger partial charge in [0.2, 0.25) is 0 Å². The summed E-state index contributed by atoms with van der Waals surface area (Å²) >= 11 is -0.453. The van der Waals surface area contributed by atoms with Gasteiger partial charge in [0.15, 0.2) is 0 Å². The van der Waals surface area contributed by atoms with Gasteiger partial charge in [-0.3, -0.25) is 20.2 Å². The zero-order valence-electron chi connectivity index (χ0n) is 30.4. The molecule has 56 heavy (non-hydrogen) atoms. The first-order valence-corrected chi connectivity index (χ1v) is 20.5. The van der Waals surface area contributed by atoms with Gasteiger partial charge in [0.1, 0.15) is 0 Å². The predicted octanol–water partition coefficient (Wildman–Crippen LogP) is 10.4. The second kappa shape index (κ2) is 16.7. The minimum absolute atomic E-state index is 0.0259. The second-order valence-corrected chi connectivity index (χ2v) is 16.5. The average Bonchev–Trinajstić information content (AvgIpc) is 3.20. The van der Waals surface area contributed by atoms with Crippen LogP contribution in [0.2, 0.25) is 0 Å². The third-order valence-electron chi connectivity index (χ3n) is 9.56. The van der Waals surface area contributed by atoms with Crippen molar-refractivity contribution in [3.05, 3.63) is 221 Å². The molecule has 274 valence electrons. The van der Waals surface area contributed by atoms with Gasteiger partial charge >= 0.3 is 253 Å². The van der Waals surface area contributed by atoms with Gasteiger partial charge in [-0.15, -0.1) is 0 Å². The van der Waals surface area contributed by atoms with Crippen LogP contribution in [0.5, 0.6) is 0 Å². The number of nitro benzene ring substituents is 3. The SMILES string of the molecule is Cc1cc(Cc2cc(Cc3cc([CH2][Ge][c]4ccccc4)cc(-c4ccc([N+](=O)[O-])cc4)c3)cc(-c3ccc([N+](=O)[O-])cc3)c2)cc(-c2ccc([N+](=O)[O-])cc2)c1. The third kappa shape index (κ3) is 9.31. The quantitative estimate of drug-likeness (QED) is 0.0649. The Kier molecular flexibility index (Phi) is 11.2. The first kappa shape index (κ1) is 37.6. The van der Waals surface area contributed by atoms with Crippen LogP contribution >= 0.6 is 0 Å². The van der Waals surface area contributed by atoms with Crippen molar-refractivity contribution in [2.45, 2.75) is 25.0 Å². The van der Waals surface area contributed by atoms with Crippen LogP contribution < -0.4 is 4.40 Å². The fourth-order valence-corrected chi connectivity index (χ4v) is 9.14. The molecule has 10 heteroatoms. The van der Waals surface area contributed by atoms with Crippen LogP contribution in [0, 0.1) is 37.3 Å². The normalized spacial score (nSPS) is 10.9. The number of aryl methyl sites for hydroxylation is 1. The molecule has 0 N–H and O–H groups in total. The second-order valence-electron chi connectivity index (χ2n) is 13.8. The number of rotatable bonds is 13. The van der Waals surface area contributed by atoms with Crippen molar-refractivity contribution in [3.63, 3.8) is 0 Å². The summed E-state index contributed by atoms with van der Waals surface area (Å²) in [6.45, 7) is 2.03. The molecule has 7 aromatic rings. The summed E-state index contributed by atoms with van der Waals surface area (Å²) in [5.41, 5.74) is 12.3. The van der Waals surface area contributed by atoms with E-state index < -0.39 is 25.3 Å². The summed E-state index contributed by atoms with van der Waals surface area (Å²) in [6.07, 6.45) is 1.24. The number of hydrogen-bond acceptors (Lipinski definition) is 6. The monoisotopic (exact) mass is 799 g/mol. The van der Waals surface area contributed by atoms with Crippen molar-refractivity contribution in [3.8, 4) is 33.4 Å². The minimum Gasteiger partial charge on any atom is -0.258 e. The number of nitrogens with zero attached hydrogens (tertiary/aromatic N) is 3. The molecular weight excluding hydrogens is 763 g/mol. The minimum atomic E-state index is -0.453. The van der Waals surface area contributed by atoms with Crippen molar-refractivity contribution in [1.82, 2.24) is 0 Å². The zero-order chi connectivity index (χ0) is 39.2. The number of hydrogen-bond donors (Lipinski definition) is 0. The summed E-state index contributed by atoms with van der Waals surface area (Å²) in [5, 5.41) is 35.0. The molecule has 0 unspecified atom stereocenters. The van der Waals surface area contributed by atoms with Gasteiger partial charge in [0.25, 0.3) is 5.69 Å². The molecule has 0 bridgehead atoms. The van der Waals surface area contributed by atoms with Crippen LogP contribution in [0.25, 0.3) is 33.4 Å². The van der Waals surface area contributed by atoms with Gasteiger partial charge in [-0.2, -0.15) is 0 Å². The molecule has 0 aliphatic carbocycles. The van der Waals surface area contributed by atoms with E-state index in [-0.39, 0.29) is 22.0 Å². The van der Waals surface area contributed by atoms with E-state index in [1.165, 1.54) is 46.4 Å². The summed E-state index contributed by atoms with van der Waals surface area (Å²) in [5.74, 6) is 0. The maximum absolute atomic E-state index is 11.4. The van der Waals surface area contributed by atoms with Crippen molar-refractivity contribution in [2.24, 2.45) is 0 Å². The Labute approximate surface area is 330 Å². The van der Waals surface area contributed by atoms with Crippen LogP contribution in [0.15, 0.2) is 158 Å². The molecule has 0 amide bonds. The smallest absolute Gasteiger partial charge is 0.258 e. The van der Waals surface area contributed by atoms with Crippen LogP contribution in [-0.4, -0.2) is 30.2 Å². The zero-order valence-corrected chi connectivity index (χ0v) is 32.5. The van der Waals surface area contributed by atoms with E-state index in [1.54, 1.807) is 36.4 Å². The predicted molar refractivity (Wildman–Crippen MR) is 221 cm³/mol. The summed E-state index contributed by atoms with van der Waals surface area (Å²) in [6, 6.07) is 49.8. The molecule has 0 aliphatic heterocycles. The van der Waals surface area contributed by atoms with E-state index in [0.717, 1.165) is 66.5 Å². The Balaban J connectivity index is 1.26. The summed E-state index contributed by atoms with van der Waals surface area (Å²) in [7, 11) is 0. The Morgan fingerprint density at radius 2 is 0.768 bits per heavy atom. The molecule has 0 atom stereocenters. The van der Waals surface area contributed by atoms with Gasteiger partial charge < -0.3 is 0 Å². The van der Waals surface area contributed by atoms with Gasteiger partial charge in [-0.25, -0.2) is 0 Å². The van der Waals surface area contributed by atoms with E-state index in [0.29, 0.717) is 12.8 Å². The first-order chi connectivity index (χ1) is 27.1. The Hall–Kier alpha value is -6.72. The molecule has 0 aliphatic rings. The maximum atomic E-state index is 11.4. The summed E-state index contributed by atoms with van der Waals surface area (Å²) < 4.78 is 1.36. The third-order valence-corrected chi connectivity index (χ3v) is 12.3. The summed E-state index contributed by atoms with van der Waals surface area (Å²) in [4.78, 5) is 32.9. The molecular formula is C46H35GeN3O6. The average molecular weight is 798 g/mol. The first-order valence-electron chi connectivity index (χ1n) is 18.0. The van der Waals surface area contributed by atoms with Gasteiger partial charge in [0, 0.05) is 12.1 Å². The van der Waals surface area contributed by atoms with E-state index in [1.807, 2.05) is 13.0 Å². The molecule has 9 nitrogen and oxygen atoms in total. The molecule has 0 saturated heterocycles. The molecule has 7 aromatic carbocycles. The number of non-ortho nitro benzene ring substituents is 3. The van der Waals surface area contributed by atoms with E-state index >= 15 is 0 Å². The Morgan fingerprint density at radius 3 is 1.18 bits per heavy atom. The molecule has 2 radical (unpaired) electrons. The molecule has 0 fully saturated rings. The molecule has 7 rings (SSSR count). The number of nitro groups is 3. The fraction of sp³-hybridized carbons (Fsp3) is 0.0870. The fourth-order valence-electron chi connectivity index (χ4n) is 6.96. The van der Waals surface area contributed by atoms with E-state index in [2.05, 4.69) is 78.9 Å². The molecule has 0 saturated carbocycles. The standard InChI is InChI=1S/C46H35GeN3O6/c1-31-19-32(25-40(20-31)37-7-13-44(14-8-37)48(51)52)21-33-22-34(27-41(26-33)38-9-15-45(16-10-38)49(53)54)23-35-24-36(30-47-43-5-3-2-4-6-43)29-42(28-35)39-11-17-46(18-12-39)50(55)56/h2-20,22,24-29H,21,23,30H2,1H3. The molecule has 0 heterocycles. The van der Waals surface area contributed by atoms with Crippen molar-refractivity contribution in [1.29, 1.82) is 0 Å². The molecule has 0 spiro atoms. The van der Waals surface area contributed by atoms with E-state index in [4.69, 9.17) is 0 Å². The topological polar surface area (TPSA) is 129 Å². The Morgan fingerprint density at radius 1 is 0.411 bits per heavy atom. The van der Waals surface area contributed by atoms with Crippen LogP contribution in [0.3, 0.4) is 0 Å². The molecule has 0 aromatic heterocycles. The van der Waals surface area contributed by atoms with Gasteiger partial charge in [-0.05, 0) is 24.6 Å². The Bertz CT molecular complexity index is 2560. The van der Waals surface area contributed by atoms with Crippen LogP contribution in [-0.2, 0) is 18.1 Å². The van der Waals surface area contributed by atoms with Crippen LogP contribution in [0.4, 0.5) is 17.1 Å². The number of benzene rings is 7. The van der Waals surface area contributed by atoms with E-state index in [9.17, 15) is 30.3 Å².